The van der Waals surface area contributed by atoms with E-state index in [0.717, 1.165) is 22.6 Å². The lowest BCUT2D eigenvalue weighted by Crippen LogP contribution is -2.35. The molecule has 24 heavy (non-hydrogen) atoms. The first-order chi connectivity index (χ1) is 11.5. The number of benzene rings is 2. The second-order valence-corrected chi connectivity index (χ2v) is 5.59. The lowest BCUT2D eigenvalue weighted by molar-refractivity contribution is -0.117. The molecule has 5 nitrogen and oxygen atoms in total. The SMILES string of the molecule is CCN(C(=O)CNc1ccc(NC(C)=O)cc1)c1cccc(C)c1. The average Bonchev–Trinajstić information content (AvgIpc) is 2.54. The minimum Gasteiger partial charge on any atom is -0.376 e. The van der Waals surface area contributed by atoms with E-state index in [2.05, 4.69) is 10.6 Å². The van der Waals surface area contributed by atoms with Gasteiger partial charge in [-0.25, -0.2) is 0 Å². The van der Waals surface area contributed by atoms with Gasteiger partial charge in [0.15, 0.2) is 0 Å². The quantitative estimate of drug-likeness (QED) is 0.855. The van der Waals surface area contributed by atoms with Crippen LogP contribution in [0.1, 0.15) is 19.4 Å². The molecule has 2 rings (SSSR count). The van der Waals surface area contributed by atoms with E-state index < -0.39 is 0 Å². The molecule has 0 saturated carbocycles. The zero-order valence-electron chi connectivity index (χ0n) is 14.3. The summed E-state index contributed by atoms with van der Waals surface area (Å²) in [5.74, 6) is -0.100. The maximum absolute atomic E-state index is 12.5. The fourth-order valence-corrected chi connectivity index (χ4v) is 2.45. The summed E-state index contributed by atoms with van der Waals surface area (Å²) in [5, 5.41) is 5.83. The largest absolute Gasteiger partial charge is 0.376 e. The number of nitrogens with zero attached hydrogens (tertiary/aromatic N) is 1. The smallest absolute Gasteiger partial charge is 0.246 e. The molecule has 2 N–H and O–H groups in total. The third kappa shape index (κ3) is 4.84. The summed E-state index contributed by atoms with van der Waals surface area (Å²) in [7, 11) is 0. The third-order valence-corrected chi connectivity index (χ3v) is 3.58. The van der Waals surface area contributed by atoms with E-state index in [9.17, 15) is 9.59 Å². The number of nitrogens with one attached hydrogen (secondary N) is 2. The summed E-state index contributed by atoms with van der Waals surface area (Å²) >= 11 is 0. The van der Waals surface area contributed by atoms with Crippen molar-refractivity contribution in [1.82, 2.24) is 0 Å². The topological polar surface area (TPSA) is 61.4 Å². The molecule has 0 unspecified atom stereocenters. The van der Waals surface area contributed by atoms with Crippen LogP contribution in [-0.4, -0.2) is 24.9 Å². The van der Waals surface area contributed by atoms with Crippen LogP contribution >= 0.6 is 0 Å². The van der Waals surface area contributed by atoms with E-state index in [-0.39, 0.29) is 18.4 Å². The molecule has 0 fully saturated rings. The van der Waals surface area contributed by atoms with Crippen LogP contribution in [0.25, 0.3) is 0 Å². The van der Waals surface area contributed by atoms with Gasteiger partial charge in [-0.2, -0.15) is 0 Å². The minimum absolute atomic E-state index is 0.00837. The van der Waals surface area contributed by atoms with Crippen molar-refractivity contribution >= 4 is 28.9 Å². The van der Waals surface area contributed by atoms with Gasteiger partial charge in [0.2, 0.25) is 11.8 Å². The Bertz CT molecular complexity index is 711. The normalized spacial score (nSPS) is 10.1. The molecule has 0 heterocycles. The predicted octanol–water partition coefficient (Wildman–Crippen LogP) is 3.42. The van der Waals surface area contributed by atoms with Gasteiger partial charge >= 0.3 is 0 Å². The number of amides is 2. The molecule has 0 aliphatic rings. The lowest BCUT2D eigenvalue weighted by Gasteiger charge is -2.22. The van der Waals surface area contributed by atoms with Gasteiger partial charge in [-0.15, -0.1) is 0 Å². The van der Waals surface area contributed by atoms with Crippen LogP contribution in [0.5, 0.6) is 0 Å². The Morgan fingerprint density at radius 3 is 2.29 bits per heavy atom. The predicted molar refractivity (Wildman–Crippen MR) is 98.4 cm³/mol. The molecule has 0 aliphatic heterocycles. The monoisotopic (exact) mass is 325 g/mol. The van der Waals surface area contributed by atoms with Gasteiger partial charge in [-0.05, 0) is 55.8 Å². The number of carbonyl (C=O) groups is 2. The van der Waals surface area contributed by atoms with Crippen LogP contribution in [0, 0.1) is 6.92 Å². The number of aryl methyl sites for hydroxylation is 1. The molecule has 0 aliphatic carbocycles. The highest BCUT2D eigenvalue weighted by Crippen LogP contribution is 2.17. The first-order valence-corrected chi connectivity index (χ1v) is 7.98. The van der Waals surface area contributed by atoms with Gasteiger partial charge in [0, 0.05) is 30.5 Å². The maximum atomic E-state index is 12.5. The Labute approximate surface area is 142 Å². The first kappa shape index (κ1) is 17.5. The summed E-state index contributed by atoms with van der Waals surface area (Å²) in [6.45, 7) is 6.27. The summed E-state index contributed by atoms with van der Waals surface area (Å²) in [5.41, 5.74) is 3.60. The van der Waals surface area contributed by atoms with Gasteiger partial charge in [0.05, 0.1) is 6.54 Å². The van der Waals surface area contributed by atoms with Gasteiger partial charge in [-0.3, -0.25) is 9.59 Å². The third-order valence-electron chi connectivity index (χ3n) is 3.58. The molecule has 0 radical (unpaired) electrons. The number of rotatable bonds is 6. The van der Waals surface area contributed by atoms with E-state index in [1.807, 2.05) is 50.2 Å². The molecule has 2 amide bonds. The van der Waals surface area contributed by atoms with E-state index in [4.69, 9.17) is 0 Å². The van der Waals surface area contributed by atoms with Crippen molar-refractivity contribution in [2.45, 2.75) is 20.8 Å². The Balaban J connectivity index is 1.97. The number of hydrogen-bond acceptors (Lipinski definition) is 3. The molecule has 0 atom stereocenters. The standard InChI is InChI=1S/C19H23N3O2/c1-4-22(18-7-5-6-14(2)12-18)19(24)13-20-16-8-10-17(11-9-16)21-15(3)23/h5-12,20H,4,13H2,1-3H3,(H,21,23). The Kier molecular flexibility index (Phi) is 5.95. The van der Waals surface area contributed by atoms with Gasteiger partial charge < -0.3 is 15.5 Å². The maximum Gasteiger partial charge on any atom is 0.246 e. The van der Waals surface area contributed by atoms with Crippen LogP contribution in [0.3, 0.4) is 0 Å². The summed E-state index contributed by atoms with van der Waals surface area (Å²) in [4.78, 5) is 25.2. The van der Waals surface area contributed by atoms with Crippen molar-refractivity contribution in [3.05, 3.63) is 54.1 Å². The van der Waals surface area contributed by atoms with E-state index >= 15 is 0 Å². The van der Waals surface area contributed by atoms with Crippen molar-refractivity contribution in [2.24, 2.45) is 0 Å². The molecule has 126 valence electrons. The van der Waals surface area contributed by atoms with E-state index in [1.54, 1.807) is 17.0 Å². The van der Waals surface area contributed by atoms with Crippen molar-refractivity contribution < 1.29 is 9.59 Å². The highest BCUT2D eigenvalue weighted by molar-refractivity contribution is 5.96. The first-order valence-electron chi connectivity index (χ1n) is 7.98. The second kappa shape index (κ2) is 8.15. The number of carbonyl (C=O) groups excluding carboxylic acids is 2. The zero-order valence-corrected chi connectivity index (χ0v) is 14.3. The molecule has 0 spiro atoms. The van der Waals surface area contributed by atoms with Crippen LogP contribution in [0.2, 0.25) is 0 Å². The highest BCUT2D eigenvalue weighted by atomic mass is 16.2. The number of hydrogen-bond donors (Lipinski definition) is 2. The summed E-state index contributed by atoms with van der Waals surface area (Å²) in [6.07, 6.45) is 0. The minimum atomic E-state index is -0.109. The fourth-order valence-electron chi connectivity index (χ4n) is 2.45. The number of likely N-dealkylation sites (N-methyl/N-ethyl adjacent to an activating group) is 1. The van der Waals surface area contributed by atoms with Crippen LogP contribution < -0.4 is 15.5 Å². The Morgan fingerprint density at radius 2 is 1.71 bits per heavy atom. The van der Waals surface area contributed by atoms with E-state index in [1.165, 1.54) is 6.92 Å². The molecule has 5 heteroatoms. The molecule has 0 saturated heterocycles. The summed E-state index contributed by atoms with van der Waals surface area (Å²) < 4.78 is 0. The molecular formula is C19H23N3O2. The van der Waals surface area contributed by atoms with Crippen molar-refractivity contribution in [2.75, 3.05) is 28.6 Å². The van der Waals surface area contributed by atoms with Gasteiger partial charge in [-0.1, -0.05) is 12.1 Å². The van der Waals surface area contributed by atoms with Crippen LogP contribution in [0.4, 0.5) is 17.1 Å². The molecular weight excluding hydrogens is 302 g/mol. The fraction of sp³-hybridized carbons (Fsp3) is 0.263. The van der Waals surface area contributed by atoms with E-state index in [0.29, 0.717) is 6.54 Å². The second-order valence-electron chi connectivity index (χ2n) is 5.59. The van der Waals surface area contributed by atoms with Crippen LogP contribution in [0.15, 0.2) is 48.5 Å². The van der Waals surface area contributed by atoms with Crippen molar-refractivity contribution in [3.63, 3.8) is 0 Å². The van der Waals surface area contributed by atoms with Gasteiger partial charge in [0.1, 0.15) is 0 Å². The highest BCUT2D eigenvalue weighted by Gasteiger charge is 2.13. The zero-order chi connectivity index (χ0) is 17.5. The number of anilines is 3. The molecule has 2 aromatic carbocycles. The Morgan fingerprint density at radius 1 is 1.04 bits per heavy atom. The summed E-state index contributed by atoms with van der Waals surface area (Å²) in [6, 6.07) is 15.2. The average molecular weight is 325 g/mol. The Hall–Kier alpha value is -2.82. The molecule has 0 aromatic heterocycles. The van der Waals surface area contributed by atoms with Crippen molar-refractivity contribution in [3.8, 4) is 0 Å². The van der Waals surface area contributed by atoms with Crippen LogP contribution in [-0.2, 0) is 9.59 Å². The lowest BCUT2D eigenvalue weighted by atomic mass is 10.2. The van der Waals surface area contributed by atoms with Gasteiger partial charge in [0.25, 0.3) is 0 Å². The van der Waals surface area contributed by atoms with Crippen molar-refractivity contribution in [1.29, 1.82) is 0 Å². The molecule has 0 bridgehead atoms. The molecule has 2 aromatic rings.